The first-order chi connectivity index (χ1) is 7.54. The minimum Gasteiger partial charge on any atom is -0.491 e. The van der Waals surface area contributed by atoms with E-state index < -0.39 is 0 Å². The maximum atomic E-state index is 8.59. The Bertz CT molecular complexity index is 270. The molecule has 0 aliphatic rings. The van der Waals surface area contributed by atoms with Crippen LogP contribution in [0.5, 0.6) is 5.75 Å². The molecule has 0 amide bonds. The number of rotatable bonds is 3. The van der Waals surface area contributed by atoms with Crippen molar-refractivity contribution in [3.05, 3.63) is 29.8 Å². The third-order valence-electron chi connectivity index (χ3n) is 2.08. The van der Waals surface area contributed by atoms with E-state index in [0.29, 0.717) is 6.61 Å². The second kappa shape index (κ2) is 7.29. The molecule has 0 atom stereocenters. The predicted molar refractivity (Wildman–Crippen MR) is 69.1 cm³/mol. The highest BCUT2D eigenvalue weighted by molar-refractivity contribution is 5.30. The molecule has 0 bridgehead atoms. The van der Waals surface area contributed by atoms with Crippen molar-refractivity contribution in [1.29, 1.82) is 0 Å². The number of aliphatic hydroxyl groups is 1. The molecule has 0 saturated heterocycles. The molecule has 2 heteroatoms. The molecule has 2 nitrogen and oxygen atoms in total. The molecular weight excluding hydrogens is 200 g/mol. The molecule has 0 unspecified atom stereocenters. The lowest BCUT2D eigenvalue weighted by molar-refractivity contribution is 0.201. The average Bonchev–Trinajstić information content (AvgIpc) is 2.28. The summed E-state index contributed by atoms with van der Waals surface area (Å²) in [6.45, 7) is 10.9. The van der Waals surface area contributed by atoms with E-state index >= 15 is 0 Å². The Morgan fingerprint density at radius 3 is 1.94 bits per heavy atom. The van der Waals surface area contributed by atoms with Crippen LogP contribution in [-0.2, 0) is 5.41 Å². The van der Waals surface area contributed by atoms with Crippen LogP contribution < -0.4 is 4.74 Å². The summed E-state index contributed by atoms with van der Waals surface area (Å²) >= 11 is 0. The summed E-state index contributed by atoms with van der Waals surface area (Å²) in [7, 11) is 0. The van der Waals surface area contributed by atoms with Gasteiger partial charge in [0, 0.05) is 0 Å². The van der Waals surface area contributed by atoms with Gasteiger partial charge in [-0.1, -0.05) is 46.8 Å². The Morgan fingerprint density at radius 2 is 1.56 bits per heavy atom. The van der Waals surface area contributed by atoms with Gasteiger partial charge in [0.1, 0.15) is 12.4 Å². The van der Waals surface area contributed by atoms with Crippen LogP contribution in [0.15, 0.2) is 24.3 Å². The summed E-state index contributed by atoms with van der Waals surface area (Å²) in [6, 6.07) is 8.01. The smallest absolute Gasteiger partial charge is 0.119 e. The first-order valence-electron chi connectivity index (χ1n) is 5.88. The summed E-state index contributed by atoms with van der Waals surface area (Å²) in [4.78, 5) is 0. The highest BCUT2D eigenvalue weighted by Crippen LogP contribution is 2.24. The van der Waals surface area contributed by atoms with Crippen molar-refractivity contribution in [2.24, 2.45) is 0 Å². The van der Waals surface area contributed by atoms with Gasteiger partial charge in [-0.2, -0.15) is 0 Å². The molecule has 92 valence electrons. The van der Waals surface area contributed by atoms with Crippen molar-refractivity contribution in [3.8, 4) is 5.75 Å². The lowest BCUT2D eigenvalue weighted by atomic mass is 9.87. The van der Waals surface area contributed by atoms with E-state index in [1.165, 1.54) is 5.56 Å². The lowest BCUT2D eigenvalue weighted by Gasteiger charge is -2.19. The zero-order valence-electron chi connectivity index (χ0n) is 11.1. The molecule has 0 saturated carbocycles. The quantitative estimate of drug-likeness (QED) is 0.853. The van der Waals surface area contributed by atoms with Crippen LogP contribution in [-0.4, -0.2) is 18.3 Å². The highest BCUT2D eigenvalue weighted by Gasteiger charge is 2.12. The van der Waals surface area contributed by atoms with Gasteiger partial charge in [-0.3, -0.25) is 0 Å². The van der Waals surface area contributed by atoms with Crippen molar-refractivity contribution in [2.75, 3.05) is 13.2 Å². The molecule has 1 aromatic rings. The fraction of sp³-hybridized carbons (Fsp3) is 0.571. The fourth-order valence-corrected chi connectivity index (χ4v) is 1.21. The second-order valence-electron chi connectivity index (χ2n) is 4.35. The molecule has 0 radical (unpaired) electrons. The van der Waals surface area contributed by atoms with E-state index in [9.17, 15) is 0 Å². The Labute approximate surface area is 99.3 Å². The summed E-state index contributed by atoms with van der Waals surface area (Å²) in [5, 5.41) is 8.59. The van der Waals surface area contributed by atoms with E-state index in [1.54, 1.807) is 0 Å². The Balaban J connectivity index is 0.00000106. The van der Waals surface area contributed by atoms with Crippen molar-refractivity contribution in [1.82, 2.24) is 0 Å². The standard InChI is InChI=1S/C12H18O2.C2H6/c1-12(2,3)10-4-6-11(7-5-10)14-9-8-13;1-2/h4-7,13H,8-9H2,1-3H3;1-2H3. The van der Waals surface area contributed by atoms with Crippen LogP contribution in [0, 0.1) is 0 Å². The minimum atomic E-state index is 0.0566. The maximum Gasteiger partial charge on any atom is 0.119 e. The van der Waals surface area contributed by atoms with Crippen LogP contribution in [0.25, 0.3) is 0 Å². The molecule has 16 heavy (non-hydrogen) atoms. The van der Waals surface area contributed by atoms with Crippen molar-refractivity contribution in [3.63, 3.8) is 0 Å². The van der Waals surface area contributed by atoms with E-state index in [0.717, 1.165) is 5.75 Å². The van der Waals surface area contributed by atoms with Gasteiger partial charge < -0.3 is 9.84 Å². The first kappa shape index (κ1) is 15.0. The summed E-state index contributed by atoms with van der Waals surface area (Å²) < 4.78 is 5.27. The van der Waals surface area contributed by atoms with Crippen LogP contribution in [0.2, 0.25) is 0 Å². The van der Waals surface area contributed by atoms with Gasteiger partial charge in [0.15, 0.2) is 0 Å². The molecule has 0 aliphatic carbocycles. The molecule has 1 N–H and O–H groups in total. The maximum absolute atomic E-state index is 8.59. The molecule has 0 aromatic heterocycles. The number of benzene rings is 1. The number of hydrogen-bond donors (Lipinski definition) is 1. The van der Waals surface area contributed by atoms with Gasteiger partial charge in [0.05, 0.1) is 6.61 Å². The highest BCUT2D eigenvalue weighted by atomic mass is 16.5. The van der Waals surface area contributed by atoms with E-state index in [2.05, 4.69) is 32.9 Å². The summed E-state index contributed by atoms with van der Waals surface area (Å²) in [5.74, 6) is 0.812. The molecule has 1 rings (SSSR count). The zero-order chi connectivity index (χ0) is 12.6. The van der Waals surface area contributed by atoms with Crippen molar-refractivity contribution < 1.29 is 9.84 Å². The van der Waals surface area contributed by atoms with E-state index in [1.807, 2.05) is 26.0 Å². The summed E-state index contributed by atoms with van der Waals surface area (Å²) in [6.07, 6.45) is 0. The number of hydrogen-bond acceptors (Lipinski definition) is 2. The molecule has 0 fully saturated rings. The molecule has 0 aliphatic heterocycles. The average molecular weight is 224 g/mol. The Kier molecular flexibility index (Phi) is 6.82. The van der Waals surface area contributed by atoms with Crippen molar-refractivity contribution in [2.45, 2.75) is 40.0 Å². The van der Waals surface area contributed by atoms with E-state index in [-0.39, 0.29) is 12.0 Å². The van der Waals surface area contributed by atoms with Crippen LogP contribution >= 0.6 is 0 Å². The number of aliphatic hydroxyl groups excluding tert-OH is 1. The molecular formula is C14H24O2. The van der Waals surface area contributed by atoms with Crippen LogP contribution in [0.1, 0.15) is 40.2 Å². The van der Waals surface area contributed by atoms with Crippen LogP contribution in [0.3, 0.4) is 0 Å². The minimum absolute atomic E-state index is 0.0566. The molecule has 0 heterocycles. The van der Waals surface area contributed by atoms with Gasteiger partial charge >= 0.3 is 0 Å². The Morgan fingerprint density at radius 1 is 1.06 bits per heavy atom. The monoisotopic (exact) mass is 224 g/mol. The molecule has 1 aromatic carbocycles. The lowest BCUT2D eigenvalue weighted by Crippen LogP contribution is -2.10. The van der Waals surface area contributed by atoms with Gasteiger partial charge in [0.2, 0.25) is 0 Å². The normalized spacial score (nSPS) is 10.4. The molecule has 0 spiro atoms. The zero-order valence-corrected chi connectivity index (χ0v) is 11.1. The van der Waals surface area contributed by atoms with Gasteiger partial charge in [-0.05, 0) is 23.1 Å². The first-order valence-corrected chi connectivity index (χ1v) is 5.88. The van der Waals surface area contributed by atoms with E-state index in [4.69, 9.17) is 9.84 Å². The topological polar surface area (TPSA) is 29.5 Å². The largest absolute Gasteiger partial charge is 0.491 e. The third kappa shape index (κ3) is 5.17. The Hall–Kier alpha value is -1.02. The summed E-state index contributed by atoms with van der Waals surface area (Å²) in [5.41, 5.74) is 1.46. The second-order valence-corrected chi connectivity index (χ2v) is 4.35. The third-order valence-corrected chi connectivity index (χ3v) is 2.08. The SMILES string of the molecule is CC.CC(C)(C)c1ccc(OCCO)cc1. The fourth-order valence-electron chi connectivity index (χ4n) is 1.21. The van der Waals surface area contributed by atoms with Crippen molar-refractivity contribution >= 4 is 0 Å². The number of ether oxygens (including phenoxy) is 1. The van der Waals surface area contributed by atoms with Gasteiger partial charge in [0.25, 0.3) is 0 Å². The van der Waals surface area contributed by atoms with Gasteiger partial charge in [-0.15, -0.1) is 0 Å². The van der Waals surface area contributed by atoms with Gasteiger partial charge in [-0.25, -0.2) is 0 Å². The predicted octanol–water partition coefficient (Wildman–Crippen LogP) is 3.38. The van der Waals surface area contributed by atoms with Crippen LogP contribution in [0.4, 0.5) is 0 Å².